The second-order valence-corrected chi connectivity index (χ2v) is 6.58. The Morgan fingerprint density at radius 1 is 1.32 bits per heavy atom. The van der Waals surface area contributed by atoms with Gasteiger partial charge in [0.2, 0.25) is 0 Å². The van der Waals surface area contributed by atoms with Crippen LogP contribution in [0.25, 0.3) is 22.6 Å². The van der Waals surface area contributed by atoms with E-state index in [1.54, 1.807) is 35.6 Å². The number of nitriles is 1. The molecular weight excluding hydrogens is 349 g/mol. The van der Waals surface area contributed by atoms with E-state index in [0.717, 1.165) is 22.8 Å². The summed E-state index contributed by atoms with van der Waals surface area (Å²) in [4.78, 5) is 9.57. The third-order valence-electron chi connectivity index (χ3n) is 3.70. The predicted molar refractivity (Wildman–Crippen MR) is 90.1 cm³/mol. The average molecular weight is 362 g/mol. The summed E-state index contributed by atoms with van der Waals surface area (Å²) in [6, 6.07) is 7.35. The number of fused-ring (bicyclic) bond motifs is 1. The number of imidazole rings is 1. The second-order valence-electron chi connectivity index (χ2n) is 5.28. The van der Waals surface area contributed by atoms with Gasteiger partial charge in [0.05, 0.1) is 22.2 Å². The number of benzene rings is 1. The zero-order chi connectivity index (χ0) is 18.2. The number of aromatic nitrogens is 3. The highest BCUT2D eigenvalue weighted by molar-refractivity contribution is 7.99. The average Bonchev–Trinajstić information content (AvgIpc) is 2.91. The highest BCUT2D eigenvalue weighted by atomic mass is 32.2. The van der Waals surface area contributed by atoms with Crippen molar-refractivity contribution in [3.63, 3.8) is 0 Å². The summed E-state index contributed by atoms with van der Waals surface area (Å²) in [6.45, 7) is 2.00. The van der Waals surface area contributed by atoms with Crippen molar-refractivity contribution >= 4 is 22.8 Å². The SMILES string of the molecule is CCSc1cccnc1-c1nc2cc(C(F)(F)F)cc(C#N)c2n1C. The number of halogens is 3. The van der Waals surface area contributed by atoms with Gasteiger partial charge < -0.3 is 4.57 Å². The first-order chi connectivity index (χ1) is 11.9. The molecule has 25 heavy (non-hydrogen) atoms. The number of rotatable bonds is 3. The molecule has 128 valence electrons. The van der Waals surface area contributed by atoms with Crippen molar-refractivity contribution in [3.8, 4) is 17.6 Å². The minimum Gasteiger partial charge on any atom is -0.325 e. The van der Waals surface area contributed by atoms with Gasteiger partial charge in [-0.25, -0.2) is 4.98 Å². The van der Waals surface area contributed by atoms with Gasteiger partial charge >= 0.3 is 6.18 Å². The van der Waals surface area contributed by atoms with E-state index in [4.69, 9.17) is 0 Å². The zero-order valence-electron chi connectivity index (χ0n) is 13.4. The molecule has 3 rings (SSSR count). The van der Waals surface area contributed by atoms with Gasteiger partial charge in [-0.2, -0.15) is 18.4 Å². The molecule has 2 heterocycles. The number of hydrogen-bond acceptors (Lipinski definition) is 4. The van der Waals surface area contributed by atoms with Crippen LogP contribution in [-0.2, 0) is 13.2 Å². The third kappa shape index (κ3) is 3.07. The first-order valence-electron chi connectivity index (χ1n) is 7.42. The Kier molecular flexibility index (Phi) is 4.43. The Labute approximate surface area is 146 Å². The summed E-state index contributed by atoms with van der Waals surface area (Å²) in [7, 11) is 1.67. The van der Waals surface area contributed by atoms with Crippen LogP contribution in [-0.4, -0.2) is 20.3 Å². The van der Waals surface area contributed by atoms with Gasteiger partial charge in [0.1, 0.15) is 11.8 Å². The monoisotopic (exact) mass is 362 g/mol. The molecule has 0 spiro atoms. The number of thioether (sulfide) groups is 1. The Bertz CT molecular complexity index is 986. The number of hydrogen-bond donors (Lipinski definition) is 0. The Morgan fingerprint density at radius 2 is 2.08 bits per heavy atom. The number of alkyl halides is 3. The molecule has 0 saturated heterocycles. The van der Waals surface area contributed by atoms with Crippen LogP contribution in [0.4, 0.5) is 13.2 Å². The van der Waals surface area contributed by atoms with Crippen molar-refractivity contribution in [2.24, 2.45) is 7.05 Å². The molecule has 4 nitrogen and oxygen atoms in total. The maximum atomic E-state index is 13.1. The van der Waals surface area contributed by atoms with E-state index in [0.29, 0.717) is 17.0 Å². The number of pyridine rings is 1. The quantitative estimate of drug-likeness (QED) is 0.637. The van der Waals surface area contributed by atoms with Crippen molar-refractivity contribution in [1.82, 2.24) is 14.5 Å². The molecular formula is C17H13F3N4S. The molecule has 0 bridgehead atoms. The Hall–Kier alpha value is -2.53. The molecule has 0 saturated carbocycles. The van der Waals surface area contributed by atoms with Gasteiger partial charge in [0.25, 0.3) is 0 Å². The van der Waals surface area contributed by atoms with Crippen molar-refractivity contribution in [2.75, 3.05) is 5.75 Å². The highest BCUT2D eigenvalue weighted by Gasteiger charge is 2.32. The number of nitrogens with zero attached hydrogens (tertiary/aromatic N) is 4. The fraction of sp³-hybridized carbons (Fsp3) is 0.235. The normalized spacial score (nSPS) is 11.7. The van der Waals surface area contributed by atoms with Crippen LogP contribution in [0.1, 0.15) is 18.1 Å². The lowest BCUT2D eigenvalue weighted by Crippen LogP contribution is -2.05. The van der Waals surface area contributed by atoms with E-state index in [1.807, 2.05) is 19.1 Å². The summed E-state index contributed by atoms with van der Waals surface area (Å²) < 4.78 is 40.8. The maximum Gasteiger partial charge on any atom is 0.416 e. The molecule has 0 fully saturated rings. The van der Waals surface area contributed by atoms with Crippen molar-refractivity contribution in [2.45, 2.75) is 18.0 Å². The molecule has 0 radical (unpaired) electrons. The van der Waals surface area contributed by atoms with Crippen LogP contribution >= 0.6 is 11.8 Å². The molecule has 0 aliphatic rings. The van der Waals surface area contributed by atoms with Crippen LogP contribution < -0.4 is 0 Å². The second kappa shape index (κ2) is 6.41. The first kappa shape index (κ1) is 17.3. The summed E-state index contributed by atoms with van der Waals surface area (Å²) in [5, 5.41) is 9.29. The largest absolute Gasteiger partial charge is 0.416 e. The molecule has 3 aromatic rings. The summed E-state index contributed by atoms with van der Waals surface area (Å²) in [5.74, 6) is 1.26. The lowest BCUT2D eigenvalue weighted by Gasteiger charge is -2.08. The van der Waals surface area contributed by atoms with Crippen LogP contribution in [0.15, 0.2) is 35.4 Å². The summed E-state index contributed by atoms with van der Waals surface area (Å²) >= 11 is 1.57. The summed E-state index contributed by atoms with van der Waals surface area (Å²) in [6.07, 6.45) is -2.92. The van der Waals surface area contributed by atoms with Crippen molar-refractivity contribution < 1.29 is 13.2 Å². The van der Waals surface area contributed by atoms with Crippen molar-refractivity contribution in [3.05, 3.63) is 41.6 Å². The minimum absolute atomic E-state index is 0.0632. The predicted octanol–water partition coefficient (Wildman–Crippen LogP) is 4.64. The lowest BCUT2D eigenvalue weighted by molar-refractivity contribution is -0.137. The van der Waals surface area contributed by atoms with Crippen LogP contribution in [0, 0.1) is 11.3 Å². The first-order valence-corrected chi connectivity index (χ1v) is 8.41. The fourth-order valence-electron chi connectivity index (χ4n) is 2.64. The maximum absolute atomic E-state index is 13.1. The van der Waals surface area contributed by atoms with E-state index < -0.39 is 11.7 Å². The zero-order valence-corrected chi connectivity index (χ0v) is 14.2. The van der Waals surface area contributed by atoms with E-state index in [-0.39, 0.29) is 11.1 Å². The Morgan fingerprint density at radius 3 is 2.72 bits per heavy atom. The third-order valence-corrected chi connectivity index (χ3v) is 4.63. The fourth-order valence-corrected chi connectivity index (χ4v) is 3.41. The van der Waals surface area contributed by atoms with E-state index in [2.05, 4.69) is 9.97 Å². The van der Waals surface area contributed by atoms with Crippen LogP contribution in [0.2, 0.25) is 0 Å². The molecule has 0 unspecified atom stereocenters. The molecule has 8 heteroatoms. The van der Waals surface area contributed by atoms with E-state index in [9.17, 15) is 18.4 Å². The smallest absolute Gasteiger partial charge is 0.325 e. The van der Waals surface area contributed by atoms with Crippen LogP contribution in [0.5, 0.6) is 0 Å². The van der Waals surface area contributed by atoms with Gasteiger partial charge in [-0.05, 0) is 30.0 Å². The molecule has 1 aromatic carbocycles. The van der Waals surface area contributed by atoms with Gasteiger partial charge in [-0.15, -0.1) is 11.8 Å². The Balaban J connectivity index is 2.30. The van der Waals surface area contributed by atoms with Crippen molar-refractivity contribution in [1.29, 1.82) is 5.26 Å². The topological polar surface area (TPSA) is 54.5 Å². The molecule has 0 aliphatic carbocycles. The molecule has 0 atom stereocenters. The van der Waals surface area contributed by atoms with Crippen LogP contribution in [0.3, 0.4) is 0 Å². The molecule has 0 aliphatic heterocycles. The van der Waals surface area contributed by atoms with E-state index in [1.165, 1.54) is 0 Å². The highest BCUT2D eigenvalue weighted by Crippen LogP contribution is 2.35. The number of aryl methyl sites for hydroxylation is 1. The van der Waals surface area contributed by atoms with Gasteiger partial charge in [0.15, 0.2) is 5.82 Å². The van der Waals surface area contributed by atoms with Gasteiger partial charge in [0, 0.05) is 18.1 Å². The van der Waals surface area contributed by atoms with Gasteiger partial charge in [-0.1, -0.05) is 6.92 Å². The summed E-state index contributed by atoms with van der Waals surface area (Å²) in [5.41, 5.74) is 0.133. The minimum atomic E-state index is -4.54. The lowest BCUT2D eigenvalue weighted by atomic mass is 10.1. The van der Waals surface area contributed by atoms with Gasteiger partial charge in [-0.3, -0.25) is 4.98 Å². The van der Waals surface area contributed by atoms with E-state index >= 15 is 0 Å². The molecule has 0 N–H and O–H groups in total. The standard InChI is InChI=1S/C17H13F3N4S/c1-3-25-13-5-4-6-22-14(13)16-23-12-8-11(17(18,19)20)7-10(9-21)15(12)24(16)2/h4-8H,3H2,1-2H3. The molecule has 2 aromatic heterocycles. The molecule has 0 amide bonds.